The molecule has 0 spiro atoms. The van der Waals surface area contributed by atoms with E-state index in [2.05, 4.69) is 53.6 Å². The van der Waals surface area contributed by atoms with Crippen LogP contribution in [0, 0.1) is 0 Å². The summed E-state index contributed by atoms with van der Waals surface area (Å²) in [5.74, 6) is 0. The molecule has 2 aromatic rings. The third kappa shape index (κ3) is 2.76. The van der Waals surface area contributed by atoms with Gasteiger partial charge in [-0.1, -0.05) is 31.0 Å². The van der Waals surface area contributed by atoms with Crippen LogP contribution >= 0.6 is 0 Å². The summed E-state index contributed by atoms with van der Waals surface area (Å²) in [6.45, 7) is 8.21. The van der Waals surface area contributed by atoms with Crippen molar-refractivity contribution in [1.29, 1.82) is 0 Å². The molecule has 1 aliphatic rings. The molecule has 3 rings (SSSR count). The Hall–Kier alpha value is -1.28. The topological polar surface area (TPSA) is 8.17 Å². The standard InChI is InChI=1S/C18H26N2/c1-15(2)20-17(13-16-9-5-6-10-18(16)20)14-19-11-7-3-4-8-12-19/h5-6,9-10,13,15H,3-4,7-8,11-12,14H2,1-2H3. The van der Waals surface area contributed by atoms with Gasteiger partial charge in [0.05, 0.1) is 0 Å². The first-order chi connectivity index (χ1) is 9.75. The summed E-state index contributed by atoms with van der Waals surface area (Å²) >= 11 is 0. The van der Waals surface area contributed by atoms with Crippen molar-refractivity contribution < 1.29 is 0 Å². The van der Waals surface area contributed by atoms with Gasteiger partial charge in [0.2, 0.25) is 0 Å². The smallest absolute Gasteiger partial charge is 0.0485 e. The van der Waals surface area contributed by atoms with Crippen LogP contribution < -0.4 is 0 Å². The average Bonchev–Trinajstić information content (AvgIpc) is 2.60. The van der Waals surface area contributed by atoms with E-state index in [1.54, 1.807) is 0 Å². The lowest BCUT2D eigenvalue weighted by atomic mass is 10.2. The number of rotatable bonds is 3. The molecular formula is C18H26N2. The van der Waals surface area contributed by atoms with E-state index in [0.29, 0.717) is 6.04 Å². The Morgan fingerprint density at radius 1 is 1.00 bits per heavy atom. The lowest BCUT2D eigenvalue weighted by Gasteiger charge is -2.22. The molecule has 108 valence electrons. The summed E-state index contributed by atoms with van der Waals surface area (Å²) in [5.41, 5.74) is 2.86. The van der Waals surface area contributed by atoms with Gasteiger partial charge in [-0.15, -0.1) is 0 Å². The molecule has 1 aromatic heterocycles. The van der Waals surface area contributed by atoms with Crippen molar-refractivity contribution in [3.05, 3.63) is 36.0 Å². The minimum Gasteiger partial charge on any atom is -0.341 e. The number of para-hydroxylation sites is 1. The molecule has 0 amide bonds. The Morgan fingerprint density at radius 3 is 2.40 bits per heavy atom. The van der Waals surface area contributed by atoms with Gasteiger partial charge in [0, 0.05) is 23.8 Å². The van der Waals surface area contributed by atoms with Crippen molar-refractivity contribution in [2.75, 3.05) is 13.1 Å². The van der Waals surface area contributed by atoms with Crippen molar-refractivity contribution in [3.8, 4) is 0 Å². The van der Waals surface area contributed by atoms with E-state index in [0.717, 1.165) is 6.54 Å². The molecular weight excluding hydrogens is 244 g/mol. The molecule has 2 nitrogen and oxygen atoms in total. The van der Waals surface area contributed by atoms with Crippen LogP contribution in [0.5, 0.6) is 0 Å². The van der Waals surface area contributed by atoms with Gasteiger partial charge in [0.15, 0.2) is 0 Å². The zero-order valence-corrected chi connectivity index (χ0v) is 12.8. The van der Waals surface area contributed by atoms with Gasteiger partial charge < -0.3 is 4.57 Å². The van der Waals surface area contributed by atoms with Crippen LogP contribution in [0.4, 0.5) is 0 Å². The first-order valence-corrected chi connectivity index (χ1v) is 8.07. The zero-order valence-electron chi connectivity index (χ0n) is 12.8. The summed E-state index contributed by atoms with van der Waals surface area (Å²) < 4.78 is 2.51. The number of hydrogen-bond acceptors (Lipinski definition) is 1. The molecule has 0 radical (unpaired) electrons. The molecule has 0 unspecified atom stereocenters. The van der Waals surface area contributed by atoms with E-state index in [1.165, 1.54) is 55.4 Å². The second-order valence-electron chi connectivity index (χ2n) is 6.35. The van der Waals surface area contributed by atoms with Crippen LogP contribution in [0.15, 0.2) is 30.3 Å². The predicted octanol–water partition coefficient (Wildman–Crippen LogP) is 4.60. The van der Waals surface area contributed by atoms with E-state index in [9.17, 15) is 0 Å². The Labute approximate surface area is 122 Å². The molecule has 0 N–H and O–H groups in total. The number of aromatic nitrogens is 1. The van der Waals surface area contributed by atoms with Crippen molar-refractivity contribution in [2.45, 2.75) is 52.1 Å². The van der Waals surface area contributed by atoms with Crippen molar-refractivity contribution in [3.63, 3.8) is 0 Å². The molecule has 2 heterocycles. The first-order valence-electron chi connectivity index (χ1n) is 8.07. The third-order valence-corrected chi connectivity index (χ3v) is 4.43. The maximum atomic E-state index is 2.64. The summed E-state index contributed by atoms with van der Waals surface area (Å²) in [7, 11) is 0. The fraction of sp³-hybridized carbons (Fsp3) is 0.556. The molecule has 1 saturated heterocycles. The van der Waals surface area contributed by atoms with Gasteiger partial charge in [-0.3, -0.25) is 4.90 Å². The molecule has 0 bridgehead atoms. The van der Waals surface area contributed by atoms with E-state index >= 15 is 0 Å². The lowest BCUT2D eigenvalue weighted by Crippen LogP contribution is -2.25. The normalized spacial score (nSPS) is 17.8. The first kappa shape index (κ1) is 13.7. The minimum atomic E-state index is 0.525. The van der Waals surface area contributed by atoms with Gasteiger partial charge in [-0.25, -0.2) is 0 Å². The number of benzene rings is 1. The summed E-state index contributed by atoms with van der Waals surface area (Å²) in [4.78, 5) is 2.64. The Balaban J connectivity index is 1.91. The highest BCUT2D eigenvalue weighted by Gasteiger charge is 2.15. The molecule has 1 fully saturated rings. The maximum Gasteiger partial charge on any atom is 0.0485 e. The number of hydrogen-bond donors (Lipinski definition) is 0. The highest BCUT2D eigenvalue weighted by molar-refractivity contribution is 5.81. The summed E-state index contributed by atoms with van der Waals surface area (Å²) in [6, 6.07) is 11.7. The molecule has 0 saturated carbocycles. The molecule has 2 heteroatoms. The van der Waals surface area contributed by atoms with Crippen molar-refractivity contribution >= 4 is 10.9 Å². The highest BCUT2D eigenvalue weighted by atomic mass is 15.1. The molecule has 0 aliphatic carbocycles. The average molecular weight is 270 g/mol. The highest BCUT2D eigenvalue weighted by Crippen LogP contribution is 2.25. The lowest BCUT2D eigenvalue weighted by molar-refractivity contribution is 0.268. The van der Waals surface area contributed by atoms with Gasteiger partial charge in [-0.05, 0) is 57.3 Å². The van der Waals surface area contributed by atoms with Gasteiger partial charge in [0.1, 0.15) is 0 Å². The van der Waals surface area contributed by atoms with Crippen LogP contribution in [0.2, 0.25) is 0 Å². The monoisotopic (exact) mass is 270 g/mol. The Morgan fingerprint density at radius 2 is 1.70 bits per heavy atom. The van der Waals surface area contributed by atoms with Crippen LogP contribution in [0.1, 0.15) is 51.3 Å². The van der Waals surface area contributed by atoms with Gasteiger partial charge >= 0.3 is 0 Å². The largest absolute Gasteiger partial charge is 0.341 e. The van der Waals surface area contributed by atoms with Gasteiger partial charge in [0.25, 0.3) is 0 Å². The van der Waals surface area contributed by atoms with Gasteiger partial charge in [-0.2, -0.15) is 0 Å². The predicted molar refractivity (Wildman–Crippen MR) is 86.1 cm³/mol. The Kier molecular flexibility index (Phi) is 4.11. The molecule has 20 heavy (non-hydrogen) atoms. The molecule has 0 atom stereocenters. The number of fused-ring (bicyclic) bond motifs is 1. The summed E-state index contributed by atoms with van der Waals surface area (Å²) in [6.07, 6.45) is 5.54. The van der Waals surface area contributed by atoms with Crippen LogP contribution in [-0.2, 0) is 6.54 Å². The number of nitrogens with zero attached hydrogens (tertiary/aromatic N) is 2. The second-order valence-corrected chi connectivity index (χ2v) is 6.35. The fourth-order valence-corrected chi connectivity index (χ4v) is 3.49. The van der Waals surface area contributed by atoms with Crippen LogP contribution in [-0.4, -0.2) is 22.6 Å². The third-order valence-electron chi connectivity index (χ3n) is 4.43. The fourth-order valence-electron chi connectivity index (χ4n) is 3.49. The zero-order chi connectivity index (χ0) is 13.9. The van der Waals surface area contributed by atoms with Crippen molar-refractivity contribution in [1.82, 2.24) is 9.47 Å². The quantitative estimate of drug-likeness (QED) is 0.791. The number of likely N-dealkylation sites (tertiary alicyclic amines) is 1. The van der Waals surface area contributed by atoms with Crippen LogP contribution in [0.3, 0.4) is 0 Å². The Bertz CT molecular complexity index is 560. The minimum absolute atomic E-state index is 0.525. The van der Waals surface area contributed by atoms with E-state index < -0.39 is 0 Å². The maximum absolute atomic E-state index is 2.64. The van der Waals surface area contributed by atoms with E-state index in [4.69, 9.17) is 0 Å². The van der Waals surface area contributed by atoms with E-state index in [-0.39, 0.29) is 0 Å². The van der Waals surface area contributed by atoms with Crippen molar-refractivity contribution in [2.24, 2.45) is 0 Å². The second kappa shape index (κ2) is 6.01. The summed E-state index contributed by atoms with van der Waals surface area (Å²) in [5, 5.41) is 1.38. The van der Waals surface area contributed by atoms with E-state index in [1.807, 2.05) is 0 Å². The SMILES string of the molecule is CC(C)n1c(CN2CCCCCC2)cc2ccccc21. The molecule has 1 aliphatic heterocycles. The van der Waals surface area contributed by atoms with Crippen LogP contribution in [0.25, 0.3) is 10.9 Å². The molecule has 1 aromatic carbocycles.